The van der Waals surface area contributed by atoms with Crippen molar-refractivity contribution in [2.75, 3.05) is 13.2 Å². The Balaban J connectivity index is 2.86. The van der Waals surface area contributed by atoms with Crippen molar-refractivity contribution < 1.29 is 14.3 Å². The van der Waals surface area contributed by atoms with E-state index < -0.39 is 0 Å². The van der Waals surface area contributed by atoms with Gasteiger partial charge in [-0.25, -0.2) is 0 Å². The van der Waals surface area contributed by atoms with E-state index in [1.807, 2.05) is 13.8 Å². The maximum atomic E-state index is 12.3. The molecule has 0 spiro atoms. The van der Waals surface area contributed by atoms with Gasteiger partial charge < -0.3 is 20.5 Å². The van der Waals surface area contributed by atoms with E-state index in [1.165, 1.54) is 11.8 Å². The summed E-state index contributed by atoms with van der Waals surface area (Å²) < 4.78 is 10.9. The van der Waals surface area contributed by atoms with E-state index >= 15 is 0 Å². The SMILES string of the molecule is C=C(NC(=O)c1cc(OCC)cc(OCC)c1)S/C=C(/C)N. The van der Waals surface area contributed by atoms with Crippen LogP contribution in [0, 0.1) is 0 Å². The van der Waals surface area contributed by atoms with Crippen molar-refractivity contribution in [2.45, 2.75) is 20.8 Å². The van der Waals surface area contributed by atoms with E-state index in [-0.39, 0.29) is 5.91 Å². The Bertz CT molecular complexity index is 542. The number of hydrogen-bond donors (Lipinski definition) is 2. The number of carbonyl (C=O) groups excluding carboxylic acids is 1. The zero-order valence-corrected chi connectivity index (χ0v) is 14.0. The Morgan fingerprint density at radius 3 is 2.27 bits per heavy atom. The first-order valence-corrected chi connectivity index (χ1v) is 7.84. The lowest BCUT2D eigenvalue weighted by molar-refractivity contribution is 0.0968. The maximum absolute atomic E-state index is 12.3. The quantitative estimate of drug-likeness (QED) is 0.768. The molecule has 0 aliphatic heterocycles. The molecule has 1 rings (SSSR count). The molecule has 3 N–H and O–H groups in total. The third kappa shape index (κ3) is 6.13. The number of thioether (sulfide) groups is 1. The molecule has 0 heterocycles. The summed E-state index contributed by atoms with van der Waals surface area (Å²) in [6, 6.07) is 5.10. The van der Waals surface area contributed by atoms with Gasteiger partial charge in [0.25, 0.3) is 5.91 Å². The van der Waals surface area contributed by atoms with Crippen LogP contribution in [0.15, 0.2) is 40.9 Å². The summed E-state index contributed by atoms with van der Waals surface area (Å²) in [6.07, 6.45) is 0. The molecule has 0 saturated heterocycles. The number of nitrogens with two attached hydrogens (primary N) is 1. The lowest BCUT2D eigenvalue weighted by Gasteiger charge is -2.11. The minimum absolute atomic E-state index is 0.275. The fourth-order valence-corrected chi connectivity index (χ4v) is 2.07. The van der Waals surface area contributed by atoms with Gasteiger partial charge in [-0.1, -0.05) is 18.3 Å². The van der Waals surface area contributed by atoms with Gasteiger partial charge in [-0.2, -0.15) is 0 Å². The molecule has 1 aromatic rings. The molecule has 0 bridgehead atoms. The molecule has 6 heteroatoms. The molecule has 0 aliphatic rings. The maximum Gasteiger partial charge on any atom is 0.256 e. The largest absolute Gasteiger partial charge is 0.494 e. The van der Waals surface area contributed by atoms with Gasteiger partial charge in [0.2, 0.25) is 0 Å². The predicted octanol–water partition coefficient (Wildman–Crippen LogP) is 3.24. The minimum atomic E-state index is -0.275. The van der Waals surface area contributed by atoms with E-state index in [1.54, 1.807) is 30.5 Å². The first-order valence-electron chi connectivity index (χ1n) is 6.96. The van der Waals surface area contributed by atoms with Crippen molar-refractivity contribution in [1.29, 1.82) is 0 Å². The summed E-state index contributed by atoms with van der Waals surface area (Å²) in [5.41, 5.74) is 6.64. The zero-order valence-electron chi connectivity index (χ0n) is 13.1. The van der Waals surface area contributed by atoms with E-state index in [4.69, 9.17) is 15.2 Å². The molecule has 0 atom stereocenters. The van der Waals surface area contributed by atoms with Crippen molar-refractivity contribution in [3.8, 4) is 11.5 Å². The number of allylic oxidation sites excluding steroid dienone is 1. The number of nitrogens with one attached hydrogen (secondary N) is 1. The van der Waals surface area contributed by atoms with Gasteiger partial charge in [-0.15, -0.1) is 0 Å². The molecule has 22 heavy (non-hydrogen) atoms. The number of ether oxygens (including phenoxy) is 2. The average Bonchev–Trinajstić information content (AvgIpc) is 2.45. The third-order valence-corrected chi connectivity index (χ3v) is 3.28. The molecular formula is C16H22N2O3S. The summed E-state index contributed by atoms with van der Waals surface area (Å²) in [5, 5.41) is 4.92. The van der Waals surface area contributed by atoms with Crippen LogP contribution in [-0.4, -0.2) is 19.1 Å². The molecule has 0 aromatic heterocycles. The van der Waals surface area contributed by atoms with Crippen molar-refractivity contribution in [2.24, 2.45) is 5.73 Å². The molecular weight excluding hydrogens is 300 g/mol. The van der Waals surface area contributed by atoms with Gasteiger partial charge >= 0.3 is 0 Å². The summed E-state index contributed by atoms with van der Waals surface area (Å²) in [6.45, 7) is 10.3. The Hall–Kier alpha value is -2.08. The molecule has 1 amide bonds. The van der Waals surface area contributed by atoms with Gasteiger partial charge in [0.1, 0.15) is 11.5 Å². The van der Waals surface area contributed by atoms with Crippen LogP contribution in [-0.2, 0) is 0 Å². The molecule has 0 aliphatic carbocycles. The van der Waals surface area contributed by atoms with Crippen molar-refractivity contribution in [3.63, 3.8) is 0 Å². The summed E-state index contributed by atoms with van der Waals surface area (Å²) in [5.74, 6) is 0.909. The van der Waals surface area contributed by atoms with Crippen LogP contribution in [0.1, 0.15) is 31.1 Å². The van der Waals surface area contributed by atoms with E-state index in [2.05, 4.69) is 11.9 Å². The van der Waals surface area contributed by atoms with Crippen LogP contribution < -0.4 is 20.5 Å². The highest BCUT2D eigenvalue weighted by Crippen LogP contribution is 2.24. The Labute approximate surface area is 135 Å². The second-order valence-corrected chi connectivity index (χ2v) is 5.38. The topological polar surface area (TPSA) is 73.6 Å². The van der Waals surface area contributed by atoms with Gasteiger partial charge in [0.15, 0.2) is 0 Å². The second-order valence-electron chi connectivity index (χ2n) is 4.42. The first-order chi connectivity index (χ1) is 10.5. The fraction of sp³-hybridized carbons (Fsp3) is 0.312. The number of benzene rings is 1. The molecule has 0 unspecified atom stereocenters. The van der Waals surface area contributed by atoms with Crippen molar-refractivity contribution >= 4 is 17.7 Å². The number of rotatable bonds is 8. The molecule has 0 saturated carbocycles. The third-order valence-electron chi connectivity index (χ3n) is 2.40. The van der Waals surface area contributed by atoms with Crippen LogP contribution >= 0.6 is 11.8 Å². The molecule has 0 radical (unpaired) electrons. The highest BCUT2D eigenvalue weighted by atomic mass is 32.2. The van der Waals surface area contributed by atoms with Crippen LogP contribution in [0.3, 0.4) is 0 Å². The van der Waals surface area contributed by atoms with Crippen LogP contribution in [0.2, 0.25) is 0 Å². The highest BCUT2D eigenvalue weighted by molar-refractivity contribution is 8.05. The monoisotopic (exact) mass is 322 g/mol. The minimum Gasteiger partial charge on any atom is -0.494 e. The zero-order chi connectivity index (χ0) is 16.5. The molecule has 5 nitrogen and oxygen atoms in total. The molecule has 1 aromatic carbocycles. The van der Waals surface area contributed by atoms with Gasteiger partial charge in [0, 0.05) is 17.3 Å². The lowest BCUT2D eigenvalue weighted by atomic mass is 10.2. The van der Waals surface area contributed by atoms with E-state index in [0.29, 0.717) is 41.0 Å². The van der Waals surface area contributed by atoms with E-state index in [0.717, 1.165) is 0 Å². The summed E-state index contributed by atoms with van der Waals surface area (Å²) in [4.78, 5) is 12.3. The summed E-state index contributed by atoms with van der Waals surface area (Å²) in [7, 11) is 0. The number of amides is 1. The average molecular weight is 322 g/mol. The predicted molar refractivity (Wildman–Crippen MR) is 90.9 cm³/mol. The second kappa shape index (κ2) is 9.04. The normalized spacial score (nSPS) is 11.0. The van der Waals surface area contributed by atoms with Crippen LogP contribution in [0.5, 0.6) is 11.5 Å². The van der Waals surface area contributed by atoms with Gasteiger partial charge in [-0.3, -0.25) is 4.79 Å². The Morgan fingerprint density at radius 2 is 1.82 bits per heavy atom. The van der Waals surface area contributed by atoms with Crippen LogP contribution in [0.4, 0.5) is 0 Å². The lowest BCUT2D eigenvalue weighted by Crippen LogP contribution is -2.20. The summed E-state index contributed by atoms with van der Waals surface area (Å²) >= 11 is 1.26. The Kier molecular flexibility index (Phi) is 7.39. The molecule has 0 fully saturated rings. The van der Waals surface area contributed by atoms with Crippen molar-refractivity contribution in [1.82, 2.24) is 5.32 Å². The standard InChI is InChI=1S/C16H22N2O3S/c1-5-20-14-7-13(8-15(9-14)21-6-2)16(19)18-12(4)22-10-11(3)17/h7-10H,4-6,17H2,1-3H3,(H,18,19)/b11-10-. The van der Waals surface area contributed by atoms with Crippen molar-refractivity contribution in [3.05, 3.63) is 46.5 Å². The first kappa shape index (κ1) is 18.0. The fourth-order valence-electron chi connectivity index (χ4n) is 1.60. The number of carbonyl (C=O) groups is 1. The Morgan fingerprint density at radius 1 is 1.27 bits per heavy atom. The van der Waals surface area contributed by atoms with Gasteiger partial charge in [-0.05, 0) is 38.3 Å². The van der Waals surface area contributed by atoms with E-state index in [9.17, 15) is 4.79 Å². The molecule has 120 valence electrons. The number of hydrogen-bond acceptors (Lipinski definition) is 5. The van der Waals surface area contributed by atoms with Gasteiger partial charge in [0.05, 0.1) is 18.2 Å². The highest BCUT2D eigenvalue weighted by Gasteiger charge is 2.11. The smallest absolute Gasteiger partial charge is 0.256 e. The van der Waals surface area contributed by atoms with Crippen LogP contribution in [0.25, 0.3) is 0 Å².